The van der Waals surface area contributed by atoms with E-state index in [1.54, 1.807) is 0 Å². The highest BCUT2D eigenvalue weighted by Crippen LogP contribution is 2.50. The summed E-state index contributed by atoms with van der Waals surface area (Å²) >= 11 is 0. The molecule has 0 atom stereocenters. The molecule has 0 bridgehead atoms. The zero-order valence-electron chi connectivity index (χ0n) is 40.5. The molecule has 0 spiro atoms. The average molecular weight is 961 g/mol. The number of benzene rings is 10. The number of nitrogens with zero attached hydrogens (tertiary/aromatic N) is 6. The third-order valence-electron chi connectivity index (χ3n) is 14.7. The lowest BCUT2D eigenvalue weighted by atomic mass is 9.96. The number of rotatable bonds is 9. The molecule has 0 saturated heterocycles. The molecule has 15 rings (SSSR count). The van der Waals surface area contributed by atoms with Crippen molar-refractivity contribution in [3.63, 3.8) is 0 Å². The van der Waals surface area contributed by atoms with Crippen LogP contribution in [-0.4, -0.2) is 23.3 Å². The summed E-state index contributed by atoms with van der Waals surface area (Å²) < 4.78 is 18.4. The second kappa shape index (κ2) is 17.2. The summed E-state index contributed by atoms with van der Waals surface area (Å²) in [5.74, 6) is 2.22. The predicted molar refractivity (Wildman–Crippen MR) is 304 cm³/mol. The van der Waals surface area contributed by atoms with Gasteiger partial charge >= 0.3 is 0 Å². The summed E-state index contributed by atoms with van der Waals surface area (Å²) in [4.78, 5) is 5.11. The molecule has 0 aliphatic heterocycles. The molecule has 10 aromatic carbocycles. The van der Waals surface area contributed by atoms with Crippen LogP contribution in [0.2, 0.25) is 0 Å². The van der Waals surface area contributed by atoms with Crippen molar-refractivity contribution in [3.05, 3.63) is 274 Å². The number of ether oxygens (including phenoxy) is 1. The summed E-state index contributed by atoms with van der Waals surface area (Å²) in [6, 6.07) is 87.7. The molecule has 352 valence electrons. The van der Waals surface area contributed by atoms with Crippen LogP contribution < -0.4 is 9.30 Å². The second-order valence-corrected chi connectivity index (χ2v) is 18.9. The Kier molecular flexibility index (Phi) is 9.75. The Morgan fingerprint density at radius 2 is 0.933 bits per heavy atom. The smallest absolute Gasteiger partial charge is 0.268 e. The normalized spacial score (nSPS) is 11.7. The van der Waals surface area contributed by atoms with Gasteiger partial charge in [-0.15, -0.1) is 0 Å². The number of hydrogen-bond acceptors (Lipinski definition) is 2. The number of hydrogen-bond donors (Lipinski definition) is 0. The minimum absolute atomic E-state index is 0.703. The monoisotopic (exact) mass is 960 g/mol. The maximum absolute atomic E-state index is 6.96. The summed E-state index contributed by atoms with van der Waals surface area (Å²) in [6.45, 7) is 0. The Morgan fingerprint density at radius 1 is 0.400 bits per heavy atom. The molecule has 0 amide bonds. The predicted octanol–water partition coefficient (Wildman–Crippen LogP) is 16.4. The lowest BCUT2D eigenvalue weighted by molar-refractivity contribution is -0.599. The van der Waals surface area contributed by atoms with Gasteiger partial charge in [0.15, 0.2) is 0 Å². The fourth-order valence-corrected chi connectivity index (χ4v) is 11.6. The number of para-hydroxylation sites is 5. The Hall–Kier alpha value is -10.2. The van der Waals surface area contributed by atoms with Crippen molar-refractivity contribution in [3.8, 4) is 62.3 Å². The van der Waals surface area contributed by atoms with Crippen molar-refractivity contribution in [2.75, 3.05) is 0 Å². The van der Waals surface area contributed by atoms with Crippen molar-refractivity contribution >= 4 is 65.4 Å². The van der Waals surface area contributed by atoms with Gasteiger partial charge in [-0.2, -0.15) is 0 Å². The molecule has 0 fully saturated rings. The van der Waals surface area contributed by atoms with Gasteiger partial charge in [0.1, 0.15) is 17.3 Å². The quantitative estimate of drug-likeness (QED) is 0.107. The van der Waals surface area contributed by atoms with E-state index < -0.39 is 0 Å². The molecule has 7 heteroatoms. The van der Waals surface area contributed by atoms with Crippen LogP contribution in [0.1, 0.15) is 0 Å². The van der Waals surface area contributed by atoms with Crippen molar-refractivity contribution in [2.45, 2.75) is 0 Å². The third-order valence-corrected chi connectivity index (χ3v) is 14.7. The molecule has 0 unspecified atom stereocenters. The zero-order chi connectivity index (χ0) is 49.4. The van der Waals surface area contributed by atoms with Crippen LogP contribution >= 0.6 is 0 Å². The fourth-order valence-electron chi connectivity index (χ4n) is 11.6. The van der Waals surface area contributed by atoms with E-state index in [0.29, 0.717) is 11.5 Å². The summed E-state index contributed by atoms with van der Waals surface area (Å²) in [5.41, 5.74) is 15.2. The molecule has 15 aromatic rings. The van der Waals surface area contributed by atoms with Gasteiger partial charge in [-0.3, -0.25) is 13.7 Å². The van der Waals surface area contributed by atoms with Gasteiger partial charge in [-0.05, 0) is 101 Å². The SMILES string of the molecule is [c-]1n(-c2c(-c3ccccc3)cccc2-c2ccccc2)cc[n+]1-c1cccc(Oc2ccc3c4c5c(c6ccccc6n5-c5ccccc5)c5c6ccccc6n(-c6ccccc6)c5c4n(-c4ccccn4)c3c2)c1. The van der Waals surface area contributed by atoms with E-state index >= 15 is 0 Å². The Bertz CT molecular complexity index is 4590. The maximum Gasteiger partial charge on any atom is 0.268 e. The molecule has 5 heterocycles. The van der Waals surface area contributed by atoms with E-state index in [2.05, 4.69) is 268 Å². The highest BCUT2D eigenvalue weighted by atomic mass is 16.5. The first kappa shape index (κ1) is 42.4. The third kappa shape index (κ3) is 6.75. The fraction of sp³-hybridized carbons (Fsp3) is 0. The van der Waals surface area contributed by atoms with Crippen LogP contribution in [0.5, 0.6) is 11.5 Å². The highest BCUT2D eigenvalue weighted by Gasteiger charge is 2.29. The van der Waals surface area contributed by atoms with Crippen LogP contribution in [0.15, 0.2) is 267 Å². The first-order chi connectivity index (χ1) is 37.2. The van der Waals surface area contributed by atoms with Gasteiger partial charge in [0.2, 0.25) is 0 Å². The van der Waals surface area contributed by atoms with Crippen LogP contribution in [0.25, 0.3) is 116 Å². The number of imidazole rings is 1. The van der Waals surface area contributed by atoms with Crippen molar-refractivity contribution in [1.29, 1.82) is 0 Å². The molecule has 0 aliphatic carbocycles. The average Bonchev–Trinajstić information content (AvgIpc) is 4.30. The van der Waals surface area contributed by atoms with Crippen LogP contribution in [0, 0.1) is 6.33 Å². The summed E-state index contributed by atoms with van der Waals surface area (Å²) in [6.07, 6.45) is 9.68. The topological polar surface area (TPSA) is 45.7 Å². The summed E-state index contributed by atoms with van der Waals surface area (Å²) in [7, 11) is 0. The van der Waals surface area contributed by atoms with Gasteiger partial charge in [0.05, 0.1) is 44.5 Å². The second-order valence-electron chi connectivity index (χ2n) is 18.9. The van der Waals surface area contributed by atoms with E-state index in [1.165, 1.54) is 21.5 Å². The summed E-state index contributed by atoms with van der Waals surface area (Å²) in [5, 5.41) is 7.00. The van der Waals surface area contributed by atoms with Crippen molar-refractivity contribution in [2.24, 2.45) is 0 Å². The highest BCUT2D eigenvalue weighted by molar-refractivity contribution is 6.40. The van der Waals surface area contributed by atoms with Crippen molar-refractivity contribution < 1.29 is 9.30 Å². The van der Waals surface area contributed by atoms with Gasteiger partial charge in [-0.25, -0.2) is 4.98 Å². The molecule has 7 nitrogen and oxygen atoms in total. The van der Waals surface area contributed by atoms with Gasteiger partial charge in [-0.1, -0.05) is 164 Å². The zero-order valence-corrected chi connectivity index (χ0v) is 40.5. The largest absolute Gasteiger partial charge is 0.458 e. The van der Waals surface area contributed by atoms with Crippen LogP contribution in [0.3, 0.4) is 0 Å². The number of aromatic nitrogens is 6. The van der Waals surface area contributed by atoms with E-state index in [9.17, 15) is 0 Å². The number of pyridine rings is 1. The van der Waals surface area contributed by atoms with E-state index in [0.717, 1.165) is 94.7 Å². The Morgan fingerprint density at radius 3 is 1.57 bits per heavy atom. The molecular formula is C68H44N6O. The standard InChI is InChI=1S/C68H44N6O/c1-5-21-46(22-6-1)53-33-20-34-54(47-23-7-2-8-24-47)65(53)71-42-41-70(45-71)50-29-19-30-51(43-50)75-52-38-39-57-60(44-52)74(61-37-17-18-40-69-61)68-64(57)66-62(55-31-13-15-35-58(55)72(66)48-25-9-3-10-26-48)63-56-32-14-16-36-59(56)73(67(63)68)49-27-11-4-12-28-49/h1-44H. The first-order valence-electron chi connectivity index (χ1n) is 25.3. The first-order valence-corrected chi connectivity index (χ1v) is 25.3. The molecule has 5 aromatic heterocycles. The molecule has 0 radical (unpaired) electrons. The maximum atomic E-state index is 6.96. The molecule has 0 N–H and O–H groups in total. The van der Waals surface area contributed by atoms with Crippen LogP contribution in [-0.2, 0) is 0 Å². The lowest BCUT2D eigenvalue weighted by Crippen LogP contribution is -2.28. The van der Waals surface area contributed by atoms with Gasteiger partial charge in [0, 0.05) is 68.3 Å². The molecule has 0 saturated carbocycles. The Balaban J connectivity index is 0.948. The molecular weight excluding hydrogens is 917 g/mol. The van der Waals surface area contributed by atoms with Crippen LogP contribution in [0.4, 0.5) is 0 Å². The number of fused-ring (bicyclic) bond motifs is 12. The van der Waals surface area contributed by atoms with E-state index in [1.807, 2.05) is 29.0 Å². The minimum Gasteiger partial charge on any atom is -0.458 e. The van der Waals surface area contributed by atoms with Gasteiger partial charge < -0.3 is 13.9 Å². The van der Waals surface area contributed by atoms with E-state index in [4.69, 9.17) is 9.72 Å². The molecule has 75 heavy (non-hydrogen) atoms. The Labute approximate surface area is 431 Å². The lowest BCUT2D eigenvalue weighted by Gasteiger charge is -2.16. The van der Waals surface area contributed by atoms with Crippen molar-refractivity contribution in [1.82, 2.24) is 23.3 Å². The van der Waals surface area contributed by atoms with E-state index in [-0.39, 0.29) is 0 Å². The van der Waals surface area contributed by atoms with Gasteiger partial charge in [0.25, 0.3) is 6.33 Å². The molecule has 0 aliphatic rings. The minimum atomic E-state index is 0.703.